The van der Waals surface area contributed by atoms with E-state index < -0.39 is 5.97 Å². The second kappa shape index (κ2) is 5.48. The van der Waals surface area contributed by atoms with E-state index in [0.717, 1.165) is 0 Å². The molecule has 0 fully saturated rings. The van der Waals surface area contributed by atoms with Crippen molar-refractivity contribution >= 4 is 23.8 Å². The van der Waals surface area contributed by atoms with Crippen LogP contribution < -0.4 is 22.9 Å². The maximum Gasteiger partial charge on any atom is 0.317 e. The summed E-state index contributed by atoms with van der Waals surface area (Å²) >= 11 is 0. The first-order valence-corrected chi connectivity index (χ1v) is 3.40. The highest BCUT2D eigenvalue weighted by Gasteiger charge is 1.93. The Bertz CT molecular complexity index is 264. The molecule has 1 heterocycles. The molecule has 14 heavy (non-hydrogen) atoms. The number of anilines is 3. The van der Waals surface area contributed by atoms with E-state index in [1.165, 1.54) is 0 Å². The molecule has 0 spiro atoms. The highest BCUT2D eigenvalue weighted by molar-refractivity contribution is 5.68. The van der Waals surface area contributed by atoms with Gasteiger partial charge in [0.1, 0.15) is 0 Å². The minimum Gasteiger partial charge on any atom is -0.480 e. The number of rotatable bonds is 1. The predicted molar refractivity (Wildman–Crippen MR) is 49.8 cm³/mol. The first-order chi connectivity index (χ1) is 6.45. The van der Waals surface area contributed by atoms with Gasteiger partial charge in [-0.05, 0) is 0 Å². The predicted octanol–water partition coefficient (Wildman–Crippen LogP) is -2.35. The summed E-state index contributed by atoms with van der Waals surface area (Å²) in [5.41, 5.74) is 20.0. The van der Waals surface area contributed by atoms with Gasteiger partial charge in [-0.25, -0.2) is 0 Å². The van der Waals surface area contributed by atoms with E-state index in [0.29, 0.717) is 0 Å². The number of carbonyl (C=O) groups is 1. The van der Waals surface area contributed by atoms with Crippen molar-refractivity contribution in [3.63, 3.8) is 0 Å². The van der Waals surface area contributed by atoms with Crippen LogP contribution in [0.5, 0.6) is 0 Å². The Morgan fingerprint density at radius 1 is 1.07 bits per heavy atom. The Morgan fingerprint density at radius 2 is 1.29 bits per heavy atom. The summed E-state index contributed by atoms with van der Waals surface area (Å²) in [5, 5.41) is 7.60. The van der Waals surface area contributed by atoms with Crippen LogP contribution in [0.15, 0.2) is 0 Å². The first-order valence-electron chi connectivity index (χ1n) is 3.40. The number of aliphatic carboxylic acids is 1. The van der Waals surface area contributed by atoms with Gasteiger partial charge in [0.2, 0.25) is 17.8 Å². The van der Waals surface area contributed by atoms with Crippen LogP contribution in [0.25, 0.3) is 0 Å². The Morgan fingerprint density at radius 3 is 1.43 bits per heavy atom. The van der Waals surface area contributed by atoms with Gasteiger partial charge in [-0.3, -0.25) is 4.79 Å². The summed E-state index contributed by atoms with van der Waals surface area (Å²) < 4.78 is 0. The molecule has 0 aliphatic carbocycles. The number of hydrogen-bond donors (Lipinski definition) is 5. The van der Waals surface area contributed by atoms with E-state index in [9.17, 15) is 4.79 Å². The minimum atomic E-state index is -0.968. The van der Waals surface area contributed by atoms with Crippen molar-refractivity contribution in [3.8, 4) is 0 Å². The molecule has 0 atom stereocenters. The second-order valence-electron chi connectivity index (χ2n) is 2.01. The SMILES string of the molecule is NCC(=O)O.Nc1nc(N)nc(N)n1. The van der Waals surface area contributed by atoms with Crippen molar-refractivity contribution in [2.45, 2.75) is 0 Å². The molecule has 0 radical (unpaired) electrons. The lowest BCUT2D eigenvalue weighted by molar-refractivity contribution is -0.135. The zero-order valence-corrected chi connectivity index (χ0v) is 7.21. The molecule has 9 N–H and O–H groups in total. The van der Waals surface area contributed by atoms with Gasteiger partial charge in [-0.15, -0.1) is 0 Å². The van der Waals surface area contributed by atoms with Crippen molar-refractivity contribution in [1.82, 2.24) is 15.0 Å². The van der Waals surface area contributed by atoms with E-state index in [4.69, 9.17) is 22.3 Å². The summed E-state index contributed by atoms with van der Waals surface area (Å²) in [6.07, 6.45) is 0. The lowest BCUT2D eigenvalue weighted by Gasteiger charge is -1.93. The number of carboxylic acid groups (broad SMARTS) is 1. The Balaban J connectivity index is 0.000000292. The highest BCUT2D eigenvalue weighted by Crippen LogP contribution is 1.97. The molecule has 0 unspecified atom stereocenters. The molecular weight excluding hydrogens is 190 g/mol. The van der Waals surface area contributed by atoms with Crippen LogP contribution in [0.2, 0.25) is 0 Å². The van der Waals surface area contributed by atoms with Gasteiger partial charge < -0.3 is 28.0 Å². The summed E-state index contributed by atoms with van der Waals surface area (Å²) in [7, 11) is 0. The van der Waals surface area contributed by atoms with Crippen LogP contribution in [0.4, 0.5) is 17.8 Å². The summed E-state index contributed by atoms with van der Waals surface area (Å²) in [6, 6.07) is 0. The van der Waals surface area contributed by atoms with E-state index in [2.05, 4.69) is 20.7 Å². The van der Waals surface area contributed by atoms with Crippen molar-refractivity contribution < 1.29 is 9.90 Å². The van der Waals surface area contributed by atoms with E-state index in [1.54, 1.807) is 0 Å². The van der Waals surface area contributed by atoms with Crippen molar-refractivity contribution in [1.29, 1.82) is 0 Å². The van der Waals surface area contributed by atoms with Crippen molar-refractivity contribution in [2.24, 2.45) is 5.73 Å². The van der Waals surface area contributed by atoms with Crippen LogP contribution >= 0.6 is 0 Å². The molecule has 0 amide bonds. The van der Waals surface area contributed by atoms with Crippen molar-refractivity contribution in [3.05, 3.63) is 0 Å². The minimum absolute atomic E-state index is 0.0417. The fraction of sp³-hybridized carbons (Fsp3) is 0.200. The normalized spacial score (nSPS) is 8.64. The largest absolute Gasteiger partial charge is 0.480 e. The zero-order valence-electron chi connectivity index (χ0n) is 7.21. The number of aromatic nitrogens is 3. The fourth-order valence-electron chi connectivity index (χ4n) is 0.427. The lowest BCUT2D eigenvalue weighted by Crippen LogP contribution is -2.10. The van der Waals surface area contributed by atoms with Crippen LogP contribution in [0.3, 0.4) is 0 Å². The standard InChI is InChI=1S/C3H6N6.C2H5NO2/c4-1-7-2(5)9-3(6)8-1;3-1-2(4)5/h(H6,4,5,6,7,8,9);1,3H2,(H,4,5). The second-order valence-corrected chi connectivity index (χ2v) is 2.01. The molecule has 0 aliphatic heterocycles. The van der Waals surface area contributed by atoms with Gasteiger partial charge in [-0.1, -0.05) is 0 Å². The maximum atomic E-state index is 9.24. The first kappa shape index (κ1) is 11.8. The van der Waals surface area contributed by atoms with Gasteiger partial charge in [0.15, 0.2) is 0 Å². The topological polar surface area (TPSA) is 180 Å². The molecule has 1 aromatic rings. The van der Waals surface area contributed by atoms with Crippen LogP contribution in [0, 0.1) is 0 Å². The third kappa shape index (κ3) is 5.49. The van der Waals surface area contributed by atoms with Gasteiger partial charge in [0, 0.05) is 0 Å². The van der Waals surface area contributed by atoms with Crippen LogP contribution in [0.1, 0.15) is 0 Å². The molecule has 0 saturated carbocycles. The van der Waals surface area contributed by atoms with Crippen LogP contribution in [-0.2, 0) is 4.79 Å². The van der Waals surface area contributed by atoms with Crippen molar-refractivity contribution in [2.75, 3.05) is 23.7 Å². The Labute approximate surface area is 79.1 Å². The molecule has 0 saturated heterocycles. The number of carboxylic acids is 1. The Hall–Kier alpha value is -2.16. The third-order valence-electron chi connectivity index (χ3n) is 0.862. The van der Waals surface area contributed by atoms with Crippen LogP contribution in [-0.4, -0.2) is 32.6 Å². The average Bonchev–Trinajstić information content (AvgIpc) is 2.02. The smallest absolute Gasteiger partial charge is 0.317 e. The highest BCUT2D eigenvalue weighted by atomic mass is 16.4. The maximum absolute atomic E-state index is 9.24. The van der Waals surface area contributed by atoms with E-state index in [-0.39, 0.29) is 24.4 Å². The number of hydrogen-bond acceptors (Lipinski definition) is 8. The number of nitrogen functional groups attached to an aromatic ring is 3. The third-order valence-corrected chi connectivity index (χ3v) is 0.862. The molecule has 9 heteroatoms. The zero-order chi connectivity index (χ0) is 11.1. The molecule has 9 nitrogen and oxygen atoms in total. The van der Waals surface area contributed by atoms with Gasteiger partial charge in [0.05, 0.1) is 6.54 Å². The number of nitrogens with zero attached hydrogens (tertiary/aromatic N) is 3. The van der Waals surface area contributed by atoms with Gasteiger partial charge in [0.25, 0.3) is 0 Å². The van der Waals surface area contributed by atoms with E-state index >= 15 is 0 Å². The van der Waals surface area contributed by atoms with Gasteiger partial charge in [-0.2, -0.15) is 15.0 Å². The lowest BCUT2D eigenvalue weighted by atomic mass is 10.7. The van der Waals surface area contributed by atoms with Gasteiger partial charge >= 0.3 is 5.97 Å². The summed E-state index contributed by atoms with van der Waals surface area (Å²) in [5.74, 6) is -0.843. The fourth-order valence-corrected chi connectivity index (χ4v) is 0.427. The monoisotopic (exact) mass is 201 g/mol. The molecule has 0 aliphatic rings. The number of nitrogens with two attached hydrogens (primary N) is 4. The Kier molecular flexibility index (Phi) is 4.63. The summed E-state index contributed by atoms with van der Waals surface area (Å²) in [6.45, 7) is -0.278. The molecule has 1 aromatic heterocycles. The molecule has 1 rings (SSSR count). The molecule has 78 valence electrons. The average molecular weight is 201 g/mol. The molecule has 0 aromatic carbocycles. The summed E-state index contributed by atoms with van der Waals surface area (Å²) in [4.78, 5) is 19.7. The molecular formula is C5H11N7O2. The van der Waals surface area contributed by atoms with E-state index in [1.807, 2.05) is 0 Å². The quantitative estimate of drug-likeness (QED) is 0.332. The molecule has 0 bridgehead atoms.